The van der Waals surface area contributed by atoms with Gasteiger partial charge in [-0.05, 0) is 31.2 Å². The minimum Gasteiger partial charge on any atom is -0.381 e. The molecule has 0 saturated carbocycles. The lowest BCUT2D eigenvalue weighted by molar-refractivity contribution is -0.130. The number of hydrogen-bond acceptors (Lipinski definition) is 4. The van der Waals surface area contributed by atoms with Crippen molar-refractivity contribution in [3.05, 3.63) is 35.9 Å². The second-order valence-corrected chi connectivity index (χ2v) is 7.91. The Morgan fingerprint density at radius 3 is 2.46 bits per heavy atom. The highest BCUT2D eigenvalue weighted by Crippen LogP contribution is 2.35. The fourth-order valence-electron chi connectivity index (χ4n) is 3.53. The van der Waals surface area contributed by atoms with Gasteiger partial charge in [0.05, 0.1) is 5.41 Å². The molecule has 1 N–H and O–H groups in total. The van der Waals surface area contributed by atoms with E-state index in [1.165, 1.54) is 0 Å². The normalized spacial score (nSPS) is 21.3. The summed E-state index contributed by atoms with van der Waals surface area (Å²) in [5.74, 6) is 1.13. The van der Waals surface area contributed by atoms with Crippen LogP contribution in [0, 0.1) is 0 Å². The first-order valence-corrected chi connectivity index (χ1v) is 9.97. The average Bonchev–Trinajstić information content (AvgIpc) is 2.67. The number of carbonyl (C=O) groups is 1. The first-order valence-electron chi connectivity index (χ1n) is 8.92. The average molecular weight is 349 g/mol. The second-order valence-electron chi connectivity index (χ2n) is 6.50. The van der Waals surface area contributed by atoms with Gasteiger partial charge in [0.2, 0.25) is 5.91 Å². The molecule has 1 aromatic carbocycles. The van der Waals surface area contributed by atoms with Crippen molar-refractivity contribution in [2.45, 2.75) is 36.3 Å². The van der Waals surface area contributed by atoms with Crippen LogP contribution in [0.15, 0.2) is 30.3 Å². The van der Waals surface area contributed by atoms with Crippen LogP contribution in [-0.2, 0) is 19.7 Å². The number of amides is 1. The van der Waals surface area contributed by atoms with E-state index in [2.05, 4.69) is 17.4 Å². The van der Waals surface area contributed by atoms with Crippen LogP contribution >= 0.6 is 11.8 Å². The molecule has 2 heterocycles. The fraction of sp³-hybridized carbons (Fsp3) is 0.632. The predicted molar refractivity (Wildman–Crippen MR) is 97.5 cm³/mol. The SMILES string of the molecule is O=C(NCCSC1CCOCC1)C1(c2ccccc2)CCOCC1. The van der Waals surface area contributed by atoms with Crippen LogP contribution in [0.4, 0.5) is 0 Å². The van der Waals surface area contributed by atoms with Gasteiger partial charge in [0, 0.05) is 44.0 Å². The zero-order chi connectivity index (χ0) is 16.7. The minimum atomic E-state index is -0.428. The van der Waals surface area contributed by atoms with E-state index in [-0.39, 0.29) is 5.91 Å². The minimum absolute atomic E-state index is 0.157. The lowest BCUT2D eigenvalue weighted by Gasteiger charge is -2.36. The van der Waals surface area contributed by atoms with Crippen molar-refractivity contribution >= 4 is 17.7 Å². The Morgan fingerprint density at radius 2 is 1.75 bits per heavy atom. The Hall–Kier alpha value is -1.04. The van der Waals surface area contributed by atoms with Crippen molar-refractivity contribution in [3.63, 3.8) is 0 Å². The smallest absolute Gasteiger partial charge is 0.230 e. The van der Waals surface area contributed by atoms with Gasteiger partial charge in [-0.25, -0.2) is 0 Å². The maximum Gasteiger partial charge on any atom is 0.230 e. The predicted octanol–water partition coefficient (Wildman–Crippen LogP) is 2.76. The van der Waals surface area contributed by atoms with Gasteiger partial charge in [-0.1, -0.05) is 30.3 Å². The molecule has 1 aromatic rings. The van der Waals surface area contributed by atoms with Gasteiger partial charge in [0.25, 0.3) is 0 Å². The van der Waals surface area contributed by atoms with Crippen LogP contribution in [-0.4, -0.2) is 49.9 Å². The highest BCUT2D eigenvalue weighted by Gasteiger charge is 2.41. The van der Waals surface area contributed by atoms with E-state index in [0.29, 0.717) is 18.5 Å². The van der Waals surface area contributed by atoms with E-state index in [4.69, 9.17) is 9.47 Å². The number of ether oxygens (including phenoxy) is 2. The quantitative estimate of drug-likeness (QED) is 0.802. The van der Waals surface area contributed by atoms with Gasteiger partial charge in [-0.2, -0.15) is 11.8 Å². The first kappa shape index (κ1) is 17.8. The van der Waals surface area contributed by atoms with E-state index in [1.54, 1.807) is 0 Å². The molecule has 4 nitrogen and oxygen atoms in total. The van der Waals surface area contributed by atoms with Crippen LogP contribution in [0.5, 0.6) is 0 Å². The molecule has 2 aliphatic heterocycles. The Labute approximate surface area is 148 Å². The molecule has 0 aromatic heterocycles. The summed E-state index contributed by atoms with van der Waals surface area (Å²) in [5.41, 5.74) is 0.686. The molecule has 2 fully saturated rings. The molecule has 0 bridgehead atoms. The molecule has 3 rings (SSSR count). The standard InChI is InChI=1S/C19H27NO3S/c21-18(20-10-15-24-17-6-11-22-12-7-17)19(8-13-23-14-9-19)16-4-2-1-3-5-16/h1-5,17H,6-15H2,(H,20,21). The third-order valence-corrected chi connectivity index (χ3v) is 6.40. The lowest BCUT2D eigenvalue weighted by atomic mass is 9.73. The van der Waals surface area contributed by atoms with E-state index in [1.807, 2.05) is 30.0 Å². The van der Waals surface area contributed by atoms with Crippen molar-refractivity contribution in [2.24, 2.45) is 0 Å². The highest BCUT2D eigenvalue weighted by atomic mass is 32.2. The maximum absolute atomic E-state index is 13.0. The number of rotatable bonds is 6. The number of carbonyl (C=O) groups excluding carboxylic acids is 1. The first-order chi connectivity index (χ1) is 11.8. The Kier molecular flexibility index (Phi) is 6.58. The molecule has 0 unspecified atom stereocenters. The summed E-state index contributed by atoms with van der Waals surface area (Å²) >= 11 is 1.96. The van der Waals surface area contributed by atoms with E-state index >= 15 is 0 Å². The monoisotopic (exact) mass is 349 g/mol. The zero-order valence-electron chi connectivity index (χ0n) is 14.2. The number of thioether (sulfide) groups is 1. The molecule has 132 valence electrons. The molecular weight excluding hydrogens is 322 g/mol. The summed E-state index contributed by atoms with van der Waals surface area (Å²) in [5, 5.41) is 3.87. The molecule has 5 heteroatoms. The van der Waals surface area contributed by atoms with Gasteiger partial charge < -0.3 is 14.8 Å². The number of benzene rings is 1. The largest absolute Gasteiger partial charge is 0.381 e. The molecule has 0 aliphatic carbocycles. The van der Waals surface area contributed by atoms with Crippen LogP contribution < -0.4 is 5.32 Å². The molecule has 2 saturated heterocycles. The van der Waals surface area contributed by atoms with Crippen molar-refractivity contribution in [3.8, 4) is 0 Å². The Balaban J connectivity index is 1.54. The molecule has 24 heavy (non-hydrogen) atoms. The van der Waals surface area contributed by atoms with Gasteiger partial charge in [-0.15, -0.1) is 0 Å². The third-order valence-electron chi connectivity index (χ3n) is 5.02. The summed E-state index contributed by atoms with van der Waals surface area (Å²) in [7, 11) is 0. The van der Waals surface area contributed by atoms with Crippen molar-refractivity contribution in [1.29, 1.82) is 0 Å². The van der Waals surface area contributed by atoms with Crippen molar-refractivity contribution < 1.29 is 14.3 Å². The summed E-state index contributed by atoms with van der Waals surface area (Å²) in [6, 6.07) is 10.2. The van der Waals surface area contributed by atoms with Gasteiger partial charge in [0.15, 0.2) is 0 Å². The Morgan fingerprint density at radius 1 is 1.08 bits per heavy atom. The molecular formula is C19H27NO3S. The van der Waals surface area contributed by atoms with Gasteiger partial charge in [-0.3, -0.25) is 4.79 Å². The number of hydrogen-bond donors (Lipinski definition) is 1. The second kappa shape index (κ2) is 8.88. The van der Waals surface area contributed by atoms with Gasteiger partial charge in [0.1, 0.15) is 0 Å². The van der Waals surface area contributed by atoms with Crippen LogP contribution in [0.3, 0.4) is 0 Å². The summed E-state index contributed by atoms with van der Waals surface area (Å²) in [6.07, 6.45) is 3.78. The lowest BCUT2D eigenvalue weighted by Crippen LogP contribution is -2.48. The summed E-state index contributed by atoms with van der Waals surface area (Å²) in [6.45, 7) is 3.79. The van der Waals surface area contributed by atoms with E-state index < -0.39 is 5.41 Å². The van der Waals surface area contributed by atoms with Crippen molar-refractivity contribution in [1.82, 2.24) is 5.32 Å². The molecule has 2 aliphatic rings. The maximum atomic E-state index is 13.0. The number of nitrogens with one attached hydrogen (secondary N) is 1. The van der Waals surface area contributed by atoms with Gasteiger partial charge >= 0.3 is 0 Å². The van der Waals surface area contributed by atoms with E-state index in [0.717, 1.165) is 56.8 Å². The molecule has 0 radical (unpaired) electrons. The summed E-state index contributed by atoms with van der Waals surface area (Å²) < 4.78 is 10.9. The van der Waals surface area contributed by atoms with Crippen molar-refractivity contribution in [2.75, 3.05) is 38.7 Å². The fourth-order valence-corrected chi connectivity index (χ4v) is 4.60. The summed E-state index contributed by atoms with van der Waals surface area (Å²) in [4.78, 5) is 13.0. The molecule has 1 amide bonds. The highest BCUT2D eigenvalue weighted by molar-refractivity contribution is 7.99. The van der Waals surface area contributed by atoms with E-state index in [9.17, 15) is 4.79 Å². The Bertz CT molecular complexity index is 511. The van der Waals surface area contributed by atoms with Crippen LogP contribution in [0.25, 0.3) is 0 Å². The molecule has 0 atom stereocenters. The zero-order valence-corrected chi connectivity index (χ0v) is 15.0. The topological polar surface area (TPSA) is 47.6 Å². The molecule has 0 spiro atoms. The van der Waals surface area contributed by atoms with Crippen LogP contribution in [0.1, 0.15) is 31.2 Å². The third kappa shape index (κ3) is 4.32. The van der Waals surface area contributed by atoms with Crippen LogP contribution in [0.2, 0.25) is 0 Å².